The molecule has 0 aromatic carbocycles. The Kier molecular flexibility index (Phi) is 24.5. The lowest BCUT2D eigenvalue weighted by Crippen LogP contribution is -2.68. The second kappa shape index (κ2) is 31.4. The van der Waals surface area contributed by atoms with Gasteiger partial charge in [-0.3, -0.25) is 0 Å². The highest BCUT2D eigenvalue weighted by atomic mass is 16.8. The molecule has 46 nitrogen and oxygen atoms in total. The van der Waals surface area contributed by atoms with Gasteiger partial charge in [0.05, 0.1) is 82.0 Å². The van der Waals surface area contributed by atoms with E-state index in [1.54, 1.807) is 0 Å². The third kappa shape index (κ3) is 15.1. The van der Waals surface area contributed by atoms with E-state index in [-0.39, 0.29) is 6.42 Å². The molecule has 0 saturated carbocycles. The fraction of sp³-hybridized carbons (Fsp3) is 1.00. The van der Waals surface area contributed by atoms with Crippen LogP contribution in [0.25, 0.3) is 62.7 Å². The van der Waals surface area contributed by atoms with Gasteiger partial charge in [-0.25, -0.2) is 0 Å². The standard InChI is InChI=1S/C43H66N18O28/c1-2-9-30-16(62)23(69)37(76-9)84-31-10(3-50-56-44)78-39(25(71)18(31)64)86-33-12(5-52-58-46)80-41(27(73)20(33)66)88-35-14(7-54-60-48)82-43(29(75)22(35)68)89-36-15(8-55-61-49)81-42(28(74)21(36)67)87-34-13(6-53-59-47)79-40(26(72)19(34)65)85-32-11(4-51-57-45)77-38(83-30)24(70)17(32)63/h9-43,62-75H,2-8H2,1H3. The molecule has 89 heavy (non-hydrogen) atoms. The minimum Gasteiger partial charge on any atom is -0.387 e. The summed E-state index contributed by atoms with van der Waals surface area (Å²) in [5.41, 5.74) is 55.9. The van der Waals surface area contributed by atoms with Crippen molar-refractivity contribution in [2.75, 3.05) is 39.3 Å². The Morgan fingerprint density at radius 2 is 0.360 bits per heavy atom. The molecule has 21 aliphatic rings. The highest BCUT2D eigenvalue weighted by Gasteiger charge is 2.59. The minimum atomic E-state index is -2.29. The maximum absolute atomic E-state index is 11.7. The van der Waals surface area contributed by atoms with Crippen LogP contribution in [0.2, 0.25) is 0 Å². The molecule has 21 heterocycles. The molecule has 0 amide bonds. The first-order valence-electron chi connectivity index (χ1n) is 27.4. The summed E-state index contributed by atoms with van der Waals surface area (Å²) in [7, 11) is 0. The van der Waals surface area contributed by atoms with Crippen LogP contribution < -0.4 is 0 Å². The molecule has 35 atom stereocenters. The van der Waals surface area contributed by atoms with Gasteiger partial charge in [0.25, 0.3) is 0 Å². The molecule has 14 N–H and O–H groups in total. The van der Waals surface area contributed by atoms with E-state index in [2.05, 4.69) is 60.2 Å². The van der Waals surface area contributed by atoms with Crippen molar-refractivity contribution in [3.63, 3.8) is 0 Å². The second-order valence-corrected chi connectivity index (χ2v) is 21.3. The largest absolute Gasteiger partial charge is 0.387 e. The Labute approximate surface area is 498 Å². The Morgan fingerprint density at radius 3 is 0.494 bits per heavy atom. The van der Waals surface area contributed by atoms with E-state index in [0.29, 0.717) is 0 Å². The zero-order valence-corrected chi connectivity index (χ0v) is 46.2. The van der Waals surface area contributed by atoms with Crippen LogP contribution in [-0.2, 0) is 66.3 Å². The Balaban J connectivity index is 1.15. The quantitative estimate of drug-likeness (QED) is 0.0464. The van der Waals surface area contributed by atoms with Crippen molar-refractivity contribution in [1.82, 2.24) is 0 Å². The highest BCUT2D eigenvalue weighted by Crippen LogP contribution is 2.40. The normalized spacial score (nSPS) is 48.6. The van der Waals surface area contributed by atoms with Gasteiger partial charge in [-0.1, -0.05) is 37.6 Å². The van der Waals surface area contributed by atoms with Crippen molar-refractivity contribution in [2.24, 2.45) is 30.7 Å². The molecule has 46 heteroatoms. The zero-order valence-electron chi connectivity index (χ0n) is 46.2. The SMILES string of the molecule is CCC1OC2OC3C(CN=[N+]=[N-])OC(OC4C(CN=[N+]=[N-])OC(OC5C(CN=[N+]=[N-])OC(OC6C(CN=[N+]=[N-])OC(OC7C(CN=[N+]=[N-])OC(OC8C(CN=[N+]=[N-])OC(OC1C(O)C2O)C(O)C8O)C(O)C7O)C(O)C6O)C(O)C5O)C(O)C4O)C(O)C3O. The van der Waals surface area contributed by atoms with Gasteiger partial charge in [-0.05, 0) is 39.6 Å². The summed E-state index contributed by atoms with van der Waals surface area (Å²) in [6, 6.07) is 0. The molecular weight excluding hydrogens is 1220 g/mol. The Bertz CT molecular complexity index is 2610. The number of hydrogen-bond acceptors (Lipinski definition) is 34. The molecule has 496 valence electrons. The lowest BCUT2D eigenvalue weighted by molar-refractivity contribution is -0.392. The van der Waals surface area contributed by atoms with Crippen LogP contribution in [-0.4, -0.2) is 326 Å². The molecular formula is C43H66N18O28. The lowest BCUT2D eigenvalue weighted by atomic mass is 9.94. The van der Waals surface area contributed by atoms with Crippen molar-refractivity contribution in [1.29, 1.82) is 0 Å². The molecule has 35 unspecified atom stereocenters. The van der Waals surface area contributed by atoms with Crippen LogP contribution in [0.3, 0.4) is 0 Å². The number of aliphatic hydroxyl groups excluding tert-OH is 14. The van der Waals surface area contributed by atoms with Crippen molar-refractivity contribution >= 4 is 0 Å². The van der Waals surface area contributed by atoms with E-state index in [0.717, 1.165) is 0 Å². The lowest BCUT2D eigenvalue weighted by Gasteiger charge is -2.50. The molecule has 21 saturated heterocycles. The third-order valence-corrected chi connectivity index (χ3v) is 15.9. The van der Waals surface area contributed by atoms with Gasteiger partial charge in [-0.2, -0.15) is 0 Å². The number of nitrogens with zero attached hydrogens (tertiary/aromatic N) is 18. The molecule has 0 spiro atoms. The maximum Gasteiger partial charge on any atom is 0.187 e. The molecule has 21 rings (SSSR count). The van der Waals surface area contributed by atoms with Crippen LogP contribution in [0.5, 0.6) is 0 Å². The van der Waals surface area contributed by atoms with E-state index in [1.807, 2.05) is 0 Å². The molecule has 0 radical (unpaired) electrons. The first-order valence-corrected chi connectivity index (χ1v) is 27.4. The molecule has 21 fully saturated rings. The van der Waals surface area contributed by atoms with E-state index < -0.39 is 254 Å². The van der Waals surface area contributed by atoms with Gasteiger partial charge in [0.1, 0.15) is 128 Å². The van der Waals surface area contributed by atoms with Crippen LogP contribution in [0.15, 0.2) is 30.7 Å². The van der Waals surface area contributed by atoms with Crippen LogP contribution in [0, 0.1) is 0 Å². The zero-order chi connectivity index (χ0) is 64.5. The second-order valence-electron chi connectivity index (χ2n) is 21.3. The molecule has 0 aliphatic carbocycles. The number of azide groups is 6. The summed E-state index contributed by atoms with van der Waals surface area (Å²) in [4.78, 5) is 16.0. The molecule has 21 aliphatic heterocycles. The van der Waals surface area contributed by atoms with Crippen molar-refractivity contribution in [3.05, 3.63) is 62.7 Å². The summed E-state index contributed by atoms with van der Waals surface area (Å²) in [6.07, 6.45) is -70.7. The van der Waals surface area contributed by atoms with Gasteiger partial charge < -0.3 is 138 Å². The topological polar surface area (TPSA) is 705 Å². The number of hydrogen-bond donors (Lipinski definition) is 14. The highest BCUT2D eigenvalue weighted by molar-refractivity contribution is 5.03. The van der Waals surface area contributed by atoms with Crippen LogP contribution >= 0.6 is 0 Å². The van der Waals surface area contributed by atoms with Crippen molar-refractivity contribution in [3.8, 4) is 0 Å². The molecule has 0 aromatic heterocycles. The van der Waals surface area contributed by atoms with E-state index in [1.165, 1.54) is 6.92 Å². The summed E-state index contributed by atoms with van der Waals surface area (Å²) >= 11 is 0. The summed E-state index contributed by atoms with van der Waals surface area (Å²) in [6.45, 7) is -3.10. The van der Waals surface area contributed by atoms with Gasteiger partial charge in [0.2, 0.25) is 0 Å². The summed E-state index contributed by atoms with van der Waals surface area (Å²) in [5.74, 6) is 0. The van der Waals surface area contributed by atoms with Gasteiger partial charge >= 0.3 is 0 Å². The van der Waals surface area contributed by atoms with Crippen LogP contribution in [0.1, 0.15) is 13.3 Å². The van der Waals surface area contributed by atoms with Crippen molar-refractivity contribution < 1.29 is 138 Å². The number of ether oxygens (including phenoxy) is 14. The fourth-order valence-corrected chi connectivity index (χ4v) is 11.3. The van der Waals surface area contributed by atoms with Gasteiger partial charge in [0.15, 0.2) is 44.0 Å². The monoisotopic (exact) mass is 1280 g/mol. The van der Waals surface area contributed by atoms with E-state index in [4.69, 9.17) is 66.3 Å². The summed E-state index contributed by atoms with van der Waals surface area (Å²) in [5, 5.41) is 183. The first-order chi connectivity index (χ1) is 42.7. The first kappa shape index (κ1) is 69.6. The van der Waals surface area contributed by atoms with Crippen LogP contribution in [0.4, 0.5) is 0 Å². The molecule has 0 aromatic rings. The smallest absolute Gasteiger partial charge is 0.187 e. The Hall–Kier alpha value is -5.26. The average Bonchev–Trinajstić information content (AvgIpc) is 2.91. The summed E-state index contributed by atoms with van der Waals surface area (Å²) < 4.78 is 82.8. The number of aliphatic hydroxyl groups is 14. The fourth-order valence-electron chi connectivity index (χ4n) is 11.3. The third-order valence-electron chi connectivity index (χ3n) is 15.9. The predicted molar refractivity (Wildman–Crippen MR) is 273 cm³/mol. The minimum absolute atomic E-state index is 0.106. The Morgan fingerprint density at radius 1 is 0.225 bits per heavy atom. The average molecular weight is 1280 g/mol. The predicted octanol–water partition coefficient (Wildman–Crippen LogP) is -5.90. The number of rotatable bonds is 13. The van der Waals surface area contributed by atoms with Gasteiger partial charge in [-0.15, -0.1) is 0 Å². The van der Waals surface area contributed by atoms with Gasteiger partial charge in [0, 0.05) is 29.5 Å². The van der Waals surface area contributed by atoms with E-state index in [9.17, 15) is 105 Å². The van der Waals surface area contributed by atoms with Crippen molar-refractivity contribution in [2.45, 2.75) is 228 Å². The molecule has 14 bridgehead atoms. The maximum atomic E-state index is 11.7. The van der Waals surface area contributed by atoms with E-state index >= 15 is 0 Å².